The van der Waals surface area contributed by atoms with Gasteiger partial charge in [0, 0.05) is 11.8 Å². The molecule has 1 N–H and O–H groups in total. The van der Waals surface area contributed by atoms with Crippen molar-refractivity contribution in [3.63, 3.8) is 0 Å². The highest BCUT2D eigenvalue weighted by atomic mass is 32.2. The van der Waals surface area contributed by atoms with E-state index in [1.807, 2.05) is 17.8 Å². The van der Waals surface area contributed by atoms with E-state index >= 15 is 0 Å². The normalized spacial score (nSPS) is 12.5. The van der Waals surface area contributed by atoms with Crippen LogP contribution in [0, 0.1) is 0 Å². The van der Waals surface area contributed by atoms with Crippen LogP contribution in [0.15, 0.2) is 18.2 Å². The number of benzene rings is 1. The molecule has 4 heteroatoms. The lowest BCUT2D eigenvalue weighted by Crippen LogP contribution is -2.24. The Morgan fingerprint density at radius 2 is 1.85 bits per heavy atom. The summed E-state index contributed by atoms with van der Waals surface area (Å²) in [5, 5.41) is 4.25. The van der Waals surface area contributed by atoms with Crippen LogP contribution in [0.1, 0.15) is 38.8 Å². The summed E-state index contributed by atoms with van der Waals surface area (Å²) in [6.45, 7) is 7.68. The average Bonchev–Trinajstić information content (AvgIpc) is 2.46. The van der Waals surface area contributed by atoms with E-state index in [-0.39, 0.29) is 0 Å². The second-order valence-electron chi connectivity index (χ2n) is 5.00. The predicted molar refractivity (Wildman–Crippen MR) is 88.2 cm³/mol. The van der Waals surface area contributed by atoms with E-state index in [9.17, 15) is 0 Å². The van der Waals surface area contributed by atoms with Crippen LogP contribution in [-0.2, 0) is 0 Å². The van der Waals surface area contributed by atoms with Gasteiger partial charge in [-0.05, 0) is 35.9 Å². The fourth-order valence-corrected chi connectivity index (χ4v) is 2.84. The Balaban J connectivity index is 2.87. The first-order valence-corrected chi connectivity index (χ1v) is 8.24. The van der Waals surface area contributed by atoms with Gasteiger partial charge in [0.05, 0.1) is 14.2 Å². The Kier molecular flexibility index (Phi) is 7.85. The van der Waals surface area contributed by atoms with Crippen molar-refractivity contribution >= 4 is 11.8 Å². The van der Waals surface area contributed by atoms with E-state index in [2.05, 4.69) is 38.2 Å². The summed E-state index contributed by atoms with van der Waals surface area (Å²) >= 11 is 1.97. The molecule has 1 aromatic rings. The minimum absolute atomic E-state index is 0.349. The molecule has 0 fully saturated rings. The van der Waals surface area contributed by atoms with Gasteiger partial charge in [0.15, 0.2) is 11.5 Å². The smallest absolute Gasteiger partial charge is 0.161 e. The van der Waals surface area contributed by atoms with Crippen LogP contribution in [0.4, 0.5) is 0 Å². The molecule has 0 aliphatic carbocycles. The average molecular weight is 297 g/mol. The molecule has 0 aliphatic rings. The largest absolute Gasteiger partial charge is 0.493 e. The molecule has 0 saturated heterocycles. The topological polar surface area (TPSA) is 30.5 Å². The molecule has 0 radical (unpaired) electrons. The van der Waals surface area contributed by atoms with Crippen LogP contribution in [0.25, 0.3) is 0 Å². The van der Waals surface area contributed by atoms with E-state index in [1.165, 1.54) is 5.56 Å². The van der Waals surface area contributed by atoms with Crippen LogP contribution < -0.4 is 14.8 Å². The van der Waals surface area contributed by atoms with Gasteiger partial charge in [-0.2, -0.15) is 11.8 Å². The zero-order valence-electron chi connectivity index (χ0n) is 13.2. The highest BCUT2D eigenvalue weighted by Crippen LogP contribution is 2.31. The van der Waals surface area contributed by atoms with Crippen molar-refractivity contribution in [2.45, 2.75) is 38.5 Å². The van der Waals surface area contributed by atoms with Gasteiger partial charge >= 0.3 is 0 Å². The first kappa shape index (κ1) is 17.2. The molecule has 0 saturated carbocycles. The maximum absolute atomic E-state index is 5.40. The summed E-state index contributed by atoms with van der Waals surface area (Å²) in [5.41, 5.74) is 1.25. The molecule has 0 bridgehead atoms. The van der Waals surface area contributed by atoms with Gasteiger partial charge in [-0.3, -0.25) is 0 Å². The fourth-order valence-electron chi connectivity index (χ4n) is 1.95. The fraction of sp³-hybridized carbons (Fsp3) is 0.625. The maximum atomic E-state index is 5.40. The number of rotatable bonds is 9. The molecule has 0 aliphatic heterocycles. The van der Waals surface area contributed by atoms with Gasteiger partial charge in [-0.1, -0.05) is 26.8 Å². The molecule has 0 spiro atoms. The lowest BCUT2D eigenvalue weighted by Gasteiger charge is -2.21. The third-order valence-corrected chi connectivity index (χ3v) is 4.24. The number of hydrogen-bond donors (Lipinski definition) is 1. The van der Waals surface area contributed by atoms with Crippen molar-refractivity contribution in [1.82, 2.24) is 5.32 Å². The number of hydrogen-bond acceptors (Lipinski definition) is 4. The van der Waals surface area contributed by atoms with Gasteiger partial charge in [-0.25, -0.2) is 0 Å². The van der Waals surface area contributed by atoms with E-state index in [0.717, 1.165) is 30.2 Å². The Morgan fingerprint density at radius 1 is 1.15 bits per heavy atom. The zero-order chi connectivity index (χ0) is 15.0. The molecular formula is C16H27NO2S. The first-order chi connectivity index (χ1) is 9.62. The van der Waals surface area contributed by atoms with Crippen molar-refractivity contribution in [3.8, 4) is 11.5 Å². The molecule has 20 heavy (non-hydrogen) atoms. The van der Waals surface area contributed by atoms with Crippen molar-refractivity contribution in [2.24, 2.45) is 0 Å². The summed E-state index contributed by atoms with van der Waals surface area (Å²) in [4.78, 5) is 0. The molecule has 1 aromatic carbocycles. The number of nitrogens with one attached hydrogen (secondary N) is 1. The number of thioether (sulfide) groups is 1. The Bertz CT molecular complexity index is 396. The zero-order valence-corrected chi connectivity index (χ0v) is 14.0. The van der Waals surface area contributed by atoms with Crippen molar-refractivity contribution in [3.05, 3.63) is 23.8 Å². The van der Waals surface area contributed by atoms with Gasteiger partial charge in [0.1, 0.15) is 0 Å². The van der Waals surface area contributed by atoms with Crippen LogP contribution in [0.2, 0.25) is 0 Å². The van der Waals surface area contributed by atoms with Crippen molar-refractivity contribution in [1.29, 1.82) is 0 Å². The molecule has 0 aromatic heterocycles. The first-order valence-electron chi connectivity index (χ1n) is 7.19. The summed E-state index contributed by atoms with van der Waals surface area (Å²) in [5.74, 6) is 2.64. The molecule has 0 amide bonds. The quantitative estimate of drug-likeness (QED) is 0.749. The third-order valence-electron chi connectivity index (χ3n) is 3.05. The second-order valence-corrected chi connectivity index (χ2v) is 6.61. The van der Waals surface area contributed by atoms with Crippen LogP contribution >= 0.6 is 11.8 Å². The van der Waals surface area contributed by atoms with E-state index < -0.39 is 0 Å². The van der Waals surface area contributed by atoms with Crippen molar-refractivity contribution < 1.29 is 9.47 Å². The summed E-state index contributed by atoms with van der Waals surface area (Å²) < 4.78 is 10.7. The van der Waals surface area contributed by atoms with Crippen LogP contribution in [0.5, 0.6) is 11.5 Å². The summed E-state index contributed by atoms with van der Waals surface area (Å²) in [7, 11) is 3.35. The van der Waals surface area contributed by atoms with Gasteiger partial charge < -0.3 is 14.8 Å². The van der Waals surface area contributed by atoms with Gasteiger partial charge in [0.2, 0.25) is 0 Å². The maximum Gasteiger partial charge on any atom is 0.161 e. The number of ether oxygens (including phenoxy) is 2. The predicted octanol–water partition coefficient (Wildman–Crippen LogP) is 3.89. The minimum Gasteiger partial charge on any atom is -0.493 e. The summed E-state index contributed by atoms with van der Waals surface area (Å²) in [6.07, 6.45) is 1.14. The minimum atomic E-state index is 0.349. The second kappa shape index (κ2) is 9.14. The molecule has 1 atom stereocenters. The highest BCUT2D eigenvalue weighted by molar-refractivity contribution is 7.99. The standard InChI is InChI=1S/C16H27NO2S/c1-6-9-17-14(11-20-12(2)3)13-7-8-15(18-4)16(10-13)19-5/h7-8,10,12,14,17H,6,9,11H2,1-5H3. The Labute approximate surface area is 127 Å². The Morgan fingerprint density at radius 3 is 2.40 bits per heavy atom. The SMILES string of the molecule is CCCNC(CSC(C)C)c1ccc(OC)c(OC)c1. The summed E-state index contributed by atoms with van der Waals surface area (Å²) in [6, 6.07) is 6.53. The van der Waals surface area contributed by atoms with E-state index in [4.69, 9.17) is 9.47 Å². The highest BCUT2D eigenvalue weighted by Gasteiger charge is 2.14. The van der Waals surface area contributed by atoms with Crippen LogP contribution in [0.3, 0.4) is 0 Å². The van der Waals surface area contributed by atoms with E-state index in [1.54, 1.807) is 14.2 Å². The molecule has 114 valence electrons. The van der Waals surface area contributed by atoms with Gasteiger partial charge in [-0.15, -0.1) is 0 Å². The lowest BCUT2D eigenvalue weighted by molar-refractivity contribution is 0.354. The molecule has 1 unspecified atom stereocenters. The number of methoxy groups -OCH3 is 2. The molecular weight excluding hydrogens is 270 g/mol. The molecule has 3 nitrogen and oxygen atoms in total. The third kappa shape index (κ3) is 5.25. The van der Waals surface area contributed by atoms with Gasteiger partial charge in [0.25, 0.3) is 0 Å². The molecule has 1 rings (SSSR count). The molecule has 0 heterocycles. The van der Waals surface area contributed by atoms with E-state index in [0.29, 0.717) is 11.3 Å². The Hall–Kier alpha value is -0.870. The lowest BCUT2D eigenvalue weighted by atomic mass is 10.1. The van der Waals surface area contributed by atoms with Crippen LogP contribution in [-0.4, -0.2) is 31.8 Å². The van der Waals surface area contributed by atoms with Crippen molar-refractivity contribution in [2.75, 3.05) is 26.5 Å². The monoisotopic (exact) mass is 297 g/mol.